The van der Waals surface area contributed by atoms with Gasteiger partial charge < -0.3 is 0 Å². The van der Waals surface area contributed by atoms with Crippen LogP contribution in [0.25, 0.3) is 5.69 Å². The van der Waals surface area contributed by atoms with E-state index in [1.165, 1.54) is 50.6 Å². The van der Waals surface area contributed by atoms with Gasteiger partial charge in [0, 0.05) is 25.0 Å². The lowest BCUT2D eigenvalue weighted by atomic mass is 9.78. The maximum Gasteiger partial charge on any atom is 0.0645 e. The van der Waals surface area contributed by atoms with Gasteiger partial charge in [-0.15, -0.1) is 0 Å². The molecule has 2 fully saturated rings. The largest absolute Gasteiger partial charge is 0.296 e. The van der Waals surface area contributed by atoms with Crippen molar-refractivity contribution in [1.82, 2.24) is 14.7 Å². The fourth-order valence-electron chi connectivity index (χ4n) is 4.33. The lowest BCUT2D eigenvalue weighted by Crippen LogP contribution is -2.46. The molecule has 1 aromatic carbocycles. The van der Waals surface area contributed by atoms with Gasteiger partial charge in [0.15, 0.2) is 0 Å². The van der Waals surface area contributed by atoms with Crippen LogP contribution >= 0.6 is 0 Å². The van der Waals surface area contributed by atoms with Gasteiger partial charge in [-0.2, -0.15) is 5.10 Å². The van der Waals surface area contributed by atoms with Gasteiger partial charge in [-0.25, -0.2) is 4.68 Å². The summed E-state index contributed by atoms with van der Waals surface area (Å²) in [5.41, 5.74) is 2.57. The Morgan fingerprint density at radius 1 is 1.00 bits per heavy atom. The van der Waals surface area contributed by atoms with Crippen molar-refractivity contribution in [3.05, 3.63) is 48.3 Å². The van der Waals surface area contributed by atoms with Crippen molar-refractivity contribution in [2.45, 2.75) is 51.1 Å². The minimum atomic E-state index is 0.841. The molecule has 0 amide bonds. The maximum absolute atomic E-state index is 4.29. The third-order valence-electron chi connectivity index (χ3n) is 5.45. The van der Waals surface area contributed by atoms with E-state index in [2.05, 4.69) is 34.3 Å². The molecule has 0 spiro atoms. The molecule has 1 saturated carbocycles. The molecular weight excluding hydrogens is 270 g/mol. The zero-order valence-electron chi connectivity index (χ0n) is 13.2. The van der Waals surface area contributed by atoms with Crippen LogP contribution < -0.4 is 0 Å². The van der Waals surface area contributed by atoms with E-state index in [9.17, 15) is 0 Å². The standard InChI is InChI=1S/C19H25N3/c1-2-7-19-17(5-1)6-3-13-21(19)15-16-8-10-18(11-9-16)22-14-4-12-20-22/h4,8-12,14,17,19H,1-3,5-7,13,15H2/t17-,19-/m0/s1. The van der Waals surface area contributed by atoms with Crippen LogP contribution in [0.5, 0.6) is 0 Å². The van der Waals surface area contributed by atoms with Gasteiger partial charge in [-0.05, 0) is 61.9 Å². The van der Waals surface area contributed by atoms with Gasteiger partial charge >= 0.3 is 0 Å². The van der Waals surface area contributed by atoms with Gasteiger partial charge in [0.25, 0.3) is 0 Å². The molecule has 1 aromatic heterocycles. The first kappa shape index (κ1) is 14.0. The second-order valence-corrected chi connectivity index (χ2v) is 6.84. The first-order chi connectivity index (χ1) is 10.9. The average molecular weight is 295 g/mol. The molecule has 22 heavy (non-hydrogen) atoms. The number of likely N-dealkylation sites (tertiary alicyclic amines) is 1. The van der Waals surface area contributed by atoms with Gasteiger partial charge in [0.05, 0.1) is 5.69 Å². The average Bonchev–Trinajstić information content (AvgIpc) is 3.10. The second kappa shape index (κ2) is 6.25. The molecule has 2 aliphatic rings. The quantitative estimate of drug-likeness (QED) is 0.852. The third-order valence-corrected chi connectivity index (χ3v) is 5.45. The lowest BCUT2D eigenvalue weighted by molar-refractivity contribution is 0.0547. The summed E-state index contributed by atoms with van der Waals surface area (Å²) in [4.78, 5) is 2.75. The topological polar surface area (TPSA) is 21.1 Å². The zero-order chi connectivity index (χ0) is 14.8. The van der Waals surface area contributed by atoms with E-state index < -0.39 is 0 Å². The summed E-state index contributed by atoms with van der Waals surface area (Å²) in [6, 6.07) is 11.7. The summed E-state index contributed by atoms with van der Waals surface area (Å²) in [7, 11) is 0. The molecule has 1 aliphatic carbocycles. The maximum atomic E-state index is 4.29. The molecule has 1 aliphatic heterocycles. The molecule has 0 bridgehead atoms. The Morgan fingerprint density at radius 3 is 2.64 bits per heavy atom. The summed E-state index contributed by atoms with van der Waals surface area (Å²) in [6.45, 7) is 2.39. The summed E-state index contributed by atoms with van der Waals surface area (Å²) in [6.07, 6.45) is 12.4. The van der Waals surface area contributed by atoms with E-state index in [4.69, 9.17) is 0 Å². The Bertz CT molecular complexity index is 586. The summed E-state index contributed by atoms with van der Waals surface area (Å²) in [5.74, 6) is 0.964. The molecular formula is C19H25N3. The summed E-state index contributed by atoms with van der Waals surface area (Å²) >= 11 is 0. The van der Waals surface area contributed by atoms with Crippen molar-refractivity contribution in [2.75, 3.05) is 6.54 Å². The van der Waals surface area contributed by atoms with Gasteiger partial charge in [0.2, 0.25) is 0 Å². The van der Waals surface area contributed by atoms with E-state index in [1.54, 1.807) is 0 Å². The number of fused-ring (bicyclic) bond motifs is 1. The van der Waals surface area contributed by atoms with Crippen LogP contribution in [0.15, 0.2) is 42.7 Å². The summed E-state index contributed by atoms with van der Waals surface area (Å²) in [5, 5.41) is 4.29. The molecule has 0 radical (unpaired) electrons. The Labute approximate surface area is 132 Å². The van der Waals surface area contributed by atoms with Crippen LogP contribution in [-0.4, -0.2) is 27.3 Å². The van der Waals surface area contributed by atoms with E-state index >= 15 is 0 Å². The highest BCUT2D eigenvalue weighted by molar-refractivity contribution is 5.33. The molecule has 4 rings (SSSR count). The number of hydrogen-bond donors (Lipinski definition) is 0. The fourth-order valence-corrected chi connectivity index (χ4v) is 4.33. The van der Waals surface area contributed by atoms with Crippen LogP contribution in [0.2, 0.25) is 0 Å². The number of benzene rings is 1. The molecule has 2 atom stereocenters. The first-order valence-electron chi connectivity index (χ1n) is 8.73. The van der Waals surface area contributed by atoms with Crippen molar-refractivity contribution in [3.63, 3.8) is 0 Å². The van der Waals surface area contributed by atoms with E-state index in [1.807, 2.05) is 23.1 Å². The lowest BCUT2D eigenvalue weighted by Gasteiger charge is -2.44. The zero-order valence-corrected chi connectivity index (χ0v) is 13.2. The second-order valence-electron chi connectivity index (χ2n) is 6.84. The van der Waals surface area contributed by atoms with Crippen molar-refractivity contribution >= 4 is 0 Å². The van der Waals surface area contributed by atoms with Crippen LogP contribution in [0.1, 0.15) is 44.1 Å². The number of aromatic nitrogens is 2. The monoisotopic (exact) mass is 295 g/mol. The summed E-state index contributed by atoms with van der Waals surface area (Å²) < 4.78 is 1.92. The first-order valence-corrected chi connectivity index (χ1v) is 8.73. The van der Waals surface area contributed by atoms with Crippen LogP contribution in [0, 0.1) is 5.92 Å². The number of piperidine rings is 1. The Kier molecular flexibility index (Phi) is 3.98. The Hall–Kier alpha value is -1.61. The van der Waals surface area contributed by atoms with Gasteiger partial charge in [0.1, 0.15) is 0 Å². The third kappa shape index (κ3) is 2.82. The minimum absolute atomic E-state index is 0.841. The minimum Gasteiger partial charge on any atom is -0.296 e. The molecule has 1 saturated heterocycles. The van der Waals surface area contributed by atoms with Crippen LogP contribution in [0.3, 0.4) is 0 Å². The molecule has 0 unspecified atom stereocenters. The van der Waals surface area contributed by atoms with Crippen molar-refractivity contribution in [2.24, 2.45) is 5.92 Å². The van der Waals surface area contributed by atoms with E-state index in [-0.39, 0.29) is 0 Å². The molecule has 3 nitrogen and oxygen atoms in total. The molecule has 2 aromatic rings. The number of rotatable bonds is 3. The van der Waals surface area contributed by atoms with Gasteiger partial charge in [-0.1, -0.05) is 25.0 Å². The van der Waals surface area contributed by atoms with Crippen molar-refractivity contribution in [1.29, 1.82) is 0 Å². The molecule has 0 N–H and O–H groups in total. The molecule has 116 valence electrons. The smallest absolute Gasteiger partial charge is 0.0645 e. The number of nitrogens with zero attached hydrogens (tertiary/aromatic N) is 3. The highest BCUT2D eigenvalue weighted by Crippen LogP contribution is 2.35. The SMILES string of the molecule is c1cnn(-c2ccc(CN3CCC[C@@H]4CCCC[C@@H]43)cc2)c1. The van der Waals surface area contributed by atoms with E-state index in [0.717, 1.165) is 24.2 Å². The number of hydrogen-bond acceptors (Lipinski definition) is 2. The Balaban J connectivity index is 1.46. The highest BCUT2D eigenvalue weighted by atomic mass is 15.3. The fraction of sp³-hybridized carbons (Fsp3) is 0.526. The normalized spacial score (nSPS) is 25.8. The Morgan fingerprint density at radius 2 is 1.82 bits per heavy atom. The highest BCUT2D eigenvalue weighted by Gasteiger charge is 2.32. The molecule has 3 heteroatoms. The van der Waals surface area contributed by atoms with Crippen molar-refractivity contribution in [3.8, 4) is 5.69 Å². The molecule has 2 heterocycles. The van der Waals surface area contributed by atoms with Gasteiger partial charge in [-0.3, -0.25) is 4.90 Å². The van der Waals surface area contributed by atoms with Crippen molar-refractivity contribution < 1.29 is 0 Å². The van der Waals surface area contributed by atoms with Crippen LogP contribution in [-0.2, 0) is 6.54 Å². The van der Waals surface area contributed by atoms with Crippen LogP contribution in [0.4, 0.5) is 0 Å². The van der Waals surface area contributed by atoms with E-state index in [0.29, 0.717) is 0 Å². The predicted octanol–water partition coefficient (Wildman–Crippen LogP) is 4.03. The predicted molar refractivity (Wildman–Crippen MR) is 89.0 cm³/mol.